The third-order valence-electron chi connectivity index (χ3n) is 2.88. The maximum absolute atomic E-state index is 5.58. The van der Waals surface area contributed by atoms with Crippen molar-refractivity contribution >= 4 is 31.9 Å². The highest BCUT2D eigenvalue weighted by atomic mass is 79.9. The first-order chi connectivity index (χ1) is 9.19. The predicted octanol–water partition coefficient (Wildman–Crippen LogP) is 5.16. The summed E-state index contributed by atoms with van der Waals surface area (Å²) in [5.41, 5.74) is 3.08. The molecule has 4 heteroatoms. The number of hydrogen-bond donors (Lipinski definition) is 0. The minimum absolute atomic E-state index is 0.0459. The highest BCUT2D eigenvalue weighted by Gasteiger charge is 2.16. The molecule has 0 aliphatic carbocycles. The number of para-hydroxylation sites is 2. The summed E-state index contributed by atoms with van der Waals surface area (Å²) in [6, 6.07) is 14.0. The van der Waals surface area contributed by atoms with Crippen LogP contribution in [0.4, 0.5) is 0 Å². The molecule has 0 spiro atoms. The molecule has 2 aromatic carbocycles. The quantitative estimate of drug-likeness (QED) is 0.676. The molecule has 0 heterocycles. The van der Waals surface area contributed by atoms with E-state index in [1.165, 1.54) is 0 Å². The molecule has 0 aliphatic heterocycles. The predicted molar refractivity (Wildman–Crippen MR) is 85.6 cm³/mol. The molecule has 0 N–H and O–H groups in total. The van der Waals surface area contributed by atoms with Crippen LogP contribution in [-0.2, 0) is 0 Å². The Bertz CT molecular complexity index is 568. The Kier molecular flexibility index (Phi) is 4.88. The van der Waals surface area contributed by atoms with Crippen LogP contribution >= 0.6 is 31.9 Å². The number of hydrogen-bond acceptors (Lipinski definition) is 2. The summed E-state index contributed by atoms with van der Waals surface area (Å²) >= 11 is 7.04. The van der Waals surface area contributed by atoms with Gasteiger partial charge in [0.05, 0.1) is 18.0 Å². The first-order valence-electron chi connectivity index (χ1n) is 5.77. The van der Waals surface area contributed by atoms with Gasteiger partial charge in [-0.1, -0.05) is 68.3 Å². The lowest BCUT2D eigenvalue weighted by atomic mass is 10.0. The molecule has 0 bridgehead atoms. The number of rotatable bonds is 4. The standard InChI is InChI=1S/C15H14Br2O2/c1-18-13-9-4-3-6-10(13)11-7-5-8-12(15(16)17)14(11)19-2/h3-9,15H,1-2H3. The van der Waals surface area contributed by atoms with Crippen LogP contribution in [-0.4, -0.2) is 14.2 Å². The van der Waals surface area contributed by atoms with Crippen LogP contribution in [0.5, 0.6) is 11.5 Å². The fourth-order valence-electron chi connectivity index (χ4n) is 2.03. The van der Waals surface area contributed by atoms with Gasteiger partial charge in [0.2, 0.25) is 0 Å². The molecular formula is C15H14Br2O2. The summed E-state index contributed by atoms with van der Waals surface area (Å²) in [7, 11) is 3.35. The van der Waals surface area contributed by atoms with Gasteiger partial charge in [-0.3, -0.25) is 0 Å². The van der Waals surface area contributed by atoms with Crippen molar-refractivity contribution in [2.45, 2.75) is 3.74 Å². The Morgan fingerprint density at radius 1 is 0.842 bits per heavy atom. The minimum atomic E-state index is 0.0459. The number of benzene rings is 2. The molecule has 0 saturated heterocycles. The highest BCUT2D eigenvalue weighted by Crippen LogP contribution is 2.43. The van der Waals surface area contributed by atoms with Crippen molar-refractivity contribution in [1.82, 2.24) is 0 Å². The first-order valence-corrected chi connectivity index (χ1v) is 7.60. The maximum Gasteiger partial charge on any atom is 0.132 e. The van der Waals surface area contributed by atoms with Crippen LogP contribution in [0.2, 0.25) is 0 Å². The lowest BCUT2D eigenvalue weighted by Gasteiger charge is -2.16. The van der Waals surface area contributed by atoms with Crippen LogP contribution in [0.3, 0.4) is 0 Å². The van der Waals surface area contributed by atoms with Gasteiger partial charge in [0.1, 0.15) is 11.5 Å². The van der Waals surface area contributed by atoms with E-state index in [4.69, 9.17) is 9.47 Å². The Balaban J connectivity index is 2.65. The smallest absolute Gasteiger partial charge is 0.132 e. The summed E-state index contributed by atoms with van der Waals surface area (Å²) in [4.78, 5) is 0. The Morgan fingerprint density at radius 3 is 2.16 bits per heavy atom. The summed E-state index contributed by atoms with van der Waals surface area (Å²) in [5.74, 6) is 1.67. The molecule has 0 amide bonds. The van der Waals surface area contributed by atoms with Crippen LogP contribution in [0, 0.1) is 0 Å². The second-order valence-electron chi connectivity index (χ2n) is 3.93. The monoisotopic (exact) mass is 384 g/mol. The largest absolute Gasteiger partial charge is 0.496 e. The van der Waals surface area contributed by atoms with E-state index in [0.717, 1.165) is 28.2 Å². The number of methoxy groups -OCH3 is 2. The first kappa shape index (κ1) is 14.4. The van der Waals surface area contributed by atoms with E-state index in [2.05, 4.69) is 31.9 Å². The zero-order valence-corrected chi connectivity index (χ0v) is 13.9. The van der Waals surface area contributed by atoms with Crippen LogP contribution in [0.25, 0.3) is 11.1 Å². The molecule has 2 rings (SSSR count). The van der Waals surface area contributed by atoms with Crippen LogP contribution < -0.4 is 9.47 Å². The number of alkyl halides is 2. The molecule has 2 aromatic rings. The van der Waals surface area contributed by atoms with Crippen LogP contribution in [0.1, 0.15) is 9.30 Å². The Hall–Kier alpha value is -1.00. The van der Waals surface area contributed by atoms with E-state index in [1.54, 1.807) is 14.2 Å². The fourth-order valence-corrected chi connectivity index (χ4v) is 2.75. The molecule has 100 valence electrons. The van der Waals surface area contributed by atoms with Gasteiger partial charge in [-0.15, -0.1) is 0 Å². The summed E-state index contributed by atoms with van der Waals surface area (Å²) in [6.07, 6.45) is 0. The molecule has 0 aliphatic rings. The third-order valence-corrected chi connectivity index (χ3v) is 3.87. The lowest BCUT2D eigenvalue weighted by Crippen LogP contribution is -1.95. The van der Waals surface area contributed by atoms with Gasteiger partial charge < -0.3 is 9.47 Å². The van der Waals surface area contributed by atoms with E-state index >= 15 is 0 Å². The molecule has 0 atom stereocenters. The molecule has 0 radical (unpaired) electrons. The van der Waals surface area contributed by atoms with Gasteiger partial charge in [0.15, 0.2) is 0 Å². The van der Waals surface area contributed by atoms with E-state index in [9.17, 15) is 0 Å². The zero-order valence-electron chi connectivity index (χ0n) is 10.7. The van der Waals surface area contributed by atoms with Crippen molar-refractivity contribution in [1.29, 1.82) is 0 Å². The van der Waals surface area contributed by atoms with Gasteiger partial charge in [0, 0.05) is 16.7 Å². The van der Waals surface area contributed by atoms with E-state index in [1.807, 2.05) is 42.5 Å². The van der Waals surface area contributed by atoms with E-state index < -0.39 is 0 Å². The van der Waals surface area contributed by atoms with E-state index in [0.29, 0.717) is 0 Å². The molecule has 2 nitrogen and oxygen atoms in total. The highest BCUT2D eigenvalue weighted by molar-refractivity contribution is 9.24. The maximum atomic E-state index is 5.58. The SMILES string of the molecule is COc1ccccc1-c1cccc(C(Br)Br)c1OC. The zero-order chi connectivity index (χ0) is 13.8. The Morgan fingerprint density at radius 2 is 1.53 bits per heavy atom. The van der Waals surface area contributed by atoms with Gasteiger partial charge in [-0.2, -0.15) is 0 Å². The second-order valence-corrected chi connectivity index (χ2v) is 6.99. The lowest BCUT2D eigenvalue weighted by molar-refractivity contribution is 0.408. The van der Waals surface area contributed by atoms with Crippen LogP contribution in [0.15, 0.2) is 42.5 Å². The average molecular weight is 386 g/mol. The molecule has 0 fully saturated rings. The molecule has 0 unspecified atom stereocenters. The normalized spacial score (nSPS) is 10.6. The van der Waals surface area contributed by atoms with Gasteiger partial charge in [-0.25, -0.2) is 0 Å². The summed E-state index contributed by atoms with van der Waals surface area (Å²) < 4.78 is 11.0. The minimum Gasteiger partial charge on any atom is -0.496 e. The van der Waals surface area contributed by atoms with Gasteiger partial charge >= 0.3 is 0 Å². The molecule has 0 aromatic heterocycles. The van der Waals surface area contributed by atoms with Crippen molar-refractivity contribution in [2.75, 3.05) is 14.2 Å². The average Bonchev–Trinajstić information content (AvgIpc) is 2.46. The van der Waals surface area contributed by atoms with Gasteiger partial charge in [0.25, 0.3) is 0 Å². The van der Waals surface area contributed by atoms with Crippen molar-refractivity contribution in [3.8, 4) is 22.6 Å². The summed E-state index contributed by atoms with van der Waals surface area (Å²) in [5, 5.41) is 0. The molecular weight excluding hydrogens is 372 g/mol. The Labute approximate surface area is 130 Å². The van der Waals surface area contributed by atoms with Crippen molar-refractivity contribution < 1.29 is 9.47 Å². The number of ether oxygens (including phenoxy) is 2. The fraction of sp³-hybridized carbons (Fsp3) is 0.200. The molecule has 0 saturated carbocycles. The third kappa shape index (κ3) is 2.95. The number of halogens is 2. The second kappa shape index (κ2) is 6.44. The van der Waals surface area contributed by atoms with Gasteiger partial charge in [-0.05, 0) is 6.07 Å². The topological polar surface area (TPSA) is 18.5 Å². The summed E-state index contributed by atoms with van der Waals surface area (Å²) in [6.45, 7) is 0. The molecule has 19 heavy (non-hydrogen) atoms. The van der Waals surface area contributed by atoms with Crippen molar-refractivity contribution in [2.24, 2.45) is 0 Å². The van der Waals surface area contributed by atoms with Crippen molar-refractivity contribution in [3.05, 3.63) is 48.0 Å². The van der Waals surface area contributed by atoms with E-state index in [-0.39, 0.29) is 3.74 Å². The van der Waals surface area contributed by atoms with Crippen molar-refractivity contribution in [3.63, 3.8) is 0 Å².